The Morgan fingerprint density at radius 3 is 2.43 bits per heavy atom. The largest absolute Gasteiger partial charge is 0.439 e. The average molecular weight is 508 g/mol. The number of para-hydroxylation sites is 2. The molecule has 0 radical (unpaired) electrons. The lowest BCUT2D eigenvalue weighted by Gasteiger charge is -2.29. The topological polar surface area (TPSA) is 69.0 Å². The third kappa shape index (κ3) is 7.89. The van der Waals surface area contributed by atoms with Crippen LogP contribution in [0.5, 0.6) is 11.6 Å². The molecule has 7 nitrogen and oxygen atoms in total. The fraction of sp³-hybridized carbons (Fsp3) is 0.500. The maximum absolute atomic E-state index is 10.9. The first-order chi connectivity index (χ1) is 17.8. The van der Waals surface area contributed by atoms with E-state index in [1.807, 2.05) is 86.1 Å². The number of aromatic nitrogens is 2. The summed E-state index contributed by atoms with van der Waals surface area (Å²) in [7, 11) is 0. The minimum absolute atomic E-state index is 0.156. The quantitative estimate of drug-likeness (QED) is 0.355. The van der Waals surface area contributed by atoms with E-state index in [1.165, 1.54) is 0 Å². The smallest absolute Gasteiger partial charge is 0.227 e. The first kappa shape index (κ1) is 27.3. The van der Waals surface area contributed by atoms with Gasteiger partial charge in [-0.15, -0.1) is 0 Å². The number of aryl methyl sites for hydroxylation is 1. The zero-order valence-corrected chi connectivity index (χ0v) is 22.6. The summed E-state index contributed by atoms with van der Waals surface area (Å²) in [5.74, 6) is 1.46. The van der Waals surface area contributed by atoms with Crippen molar-refractivity contribution in [3.05, 3.63) is 71.9 Å². The molecule has 3 aromatic rings. The first-order valence-corrected chi connectivity index (χ1v) is 13.4. The minimum atomic E-state index is -0.617. The Bertz CT molecular complexity index is 1090. The van der Waals surface area contributed by atoms with E-state index in [4.69, 9.17) is 19.3 Å². The maximum Gasteiger partial charge on any atom is 0.227 e. The van der Waals surface area contributed by atoms with Crippen LogP contribution in [-0.4, -0.2) is 63.9 Å². The lowest BCUT2D eigenvalue weighted by molar-refractivity contribution is -0.0594. The number of aliphatic hydroxyl groups is 1. The normalized spacial score (nSPS) is 16.9. The van der Waals surface area contributed by atoms with Crippen LogP contribution in [0.1, 0.15) is 51.8 Å². The number of benzene rings is 2. The number of hydrogen-bond acceptors (Lipinski definition) is 6. The SMILES string of the molecule is CCc1nn(-c2ccccc2)c(Oc2ccccc2)c1CN(C[C@H](O)COC(C)(C)C)C[C@H]1CCCO1. The highest BCUT2D eigenvalue weighted by molar-refractivity contribution is 5.43. The number of aliphatic hydroxyl groups excluding tert-OH is 1. The highest BCUT2D eigenvalue weighted by atomic mass is 16.5. The van der Waals surface area contributed by atoms with Gasteiger partial charge in [0.05, 0.1) is 41.4 Å². The summed E-state index contributed by atoms with van der Waals surface area (Å²) in [5.41, 5.74) is 2.65. The molecule has 1 aliphatic rings. The molecule has 4 rings (SSSR count). The Balaban J connectivity index is 1.66. The summed E-state index contributed by atoms with van der Waals surface area (Å²) in [6.07, 6.45) is 2.41. The molecular formula is C30H41N3O4. The van der Waals surface area contributed by atoms with Crippen LogP contribution < -0.4 is 4.74 Å². The molecule has 200 valence electrons. The van der Waals surface area contributed by atoms with Crippen molar-refractivity contribution < 1.29 is 19.3 Å². The Morgan fingerprint density at radius 1 is 1.11 bits per heavy atom. The molecule has 2 heterocycles. The number of rotatable bonds is 12. The molecule has 1 fully saturated rings. The summed E-state index contributed by atoms with van der Waals surface area (Å²) in [6, 6.07) is 19.9. The van der Waals surface area contributed by atoms with Gasteiger partial charge < -0.3 is 19.3 Å². The second kappa shape index (κ2) is 12.7. The molecule has 37 heavy (non-hydrogen) atoms. The molecule has 0 aliphatic carbocycles. The number of hydrogen-bond donors (Lipinski definition) is 1. The van der Waals surface area contributed by atoms with Gasteiger partial charge in [-0.2, -0.15) is 5.10 Å². The van der Waals surface area contributed by atoms with Gasteiger partial charge in [-0.3, -0.25) is 4.90 Å². The third-order valence-corrected chi connectivity index (χ3v) is 6.36. The van der Waals surface area contributed by atoms with Crippen molar-refractivity contribution in [3.8, 4) is 17.3 Å². The summed E-state index contributed by atoms with van der Waals surface area (Å²) in [6.45, 7) is 11.0. The van der Waals surface area contributed by atoms with Crippen LogP contribution in [-0.2, 0) is 22.4 Å². The molecule has 1 aromatic heterocycles. The van der Waals surface area contributed by atoms with Crippen LogP contribution in [0.2, 0.25) is 0 Å². The van der Waals surface area contributed by atoms with Gasteiger partial charge in [0.25, 0.3) is 0 Å². The van der Waals surface area contributed by atoms with E-state index in [2.05, 4.69) is 11.8 Å². The summed E-state index contributed by atoms with van der Waals surface area (Å²) >= 11 is 0. The molecule has 0 saturated carbocycles. The number of ether oxygens (including phenoxy) is 3. The van der Waals surface area contributed by atoms with E-state index in [9.17, 15) is 5.11 Å². The van der Waals surface area contributed by atoms with E-state index < -0.39 is 6.10 Å². The highest BCUT2D eigenvalue weighted by Gasteiger charge is 2.27. The predicted molar refractivity (Wildman–Crippen MR) is 145 cm³/mol. The van der Waals surface area contributed by atoms with Crippen molar-refractivity contribution in [1.29, 1.82) is 0 Å². The Labute approximate surface area is 221 Å². The van der Waals surface area contributed by atoms with Crippen LogP contribution in [0, 0.1) is 0 Å². The summed E-state index contributed by atoms with van der Waals surface area (Å²) in [4.78, 5) is 2.26. The van der Waals surface area contributed by atoms with Crippen LogP contribution >= 0.6 is 0 Å². The van der Waals surface area contributed by atoms with Gasteiger partial charge in [0.2, 0.25) is 5.88 Å². The van der Waals surface area contributed by atoms with Gasteiger partial charge in [0.15, 0.2) is 0 Å². The van der Waals surface area contributed by atoms with Crippen LogP contribution in [0.15, 0.2) is 60.7 Å². The molecule has 1 N–H and O–H groups in total. The molecule has 0 bridgehead atoms. The van der Waals surface area contributed by atoms with Crippen molar-refractivity contribution in [3.63, 3.8) is 0 Å². The van der Waals surface area contributed by atoms with E-state index in [0.29, 0.717) is 19.0 Å². The zero-order valence-electron chi connectivity index (χ0n) is 22.6. The van der Waals surface area contributed by atoms with Gasteiger partial charge >= 0.3 is 0 Å². The lowest BCUT2D eigenvalue weighted by atomic mass is 10.1. The predicted octanol–water partition coefficient (Wildman–Crippen LogP) is 5.38. The van der Waals surface area contributed by atoms with Gasteiger partial charge in [-0.1, -0.05) is 43.3 Å². The first-order valence-electron chi connectivity index (χ1n) is 13.4. The van der Waals surface area contributed by atoms with E-state index in [-0.39, 0.29) is 18.3 Å². The summed E-state index contributed by atoms with van der Waals surface area (Å²) < 4.78 is 20.2. The minimum Gasteiger partial charge on any atom is -0.439 e. The molecule has 0 spiro atoms. The van der Waals surface area contributed by atoms with Crippen molar-refractivity contribution in [2.24, 2.45) is 0 Å². The molecular weight excluding hydrogens is 466 g/mol. The molecule has 2 atom stereocenters. The van der Waals surface area contributed by atoms with Gasteiger partial charge in [0.1, 0.15) is 5.75 Å². The van der Waals surface area contributed by atoms with Crippen molar-refractivity contribution in [2.75, 3.05) is 26.3 Å². The van der Waals surface area contributed by atoms with E-state index >= 15 is 0 Å². The fourth-order valence-electron chi connectivity index (χ4n) is 4.57. The van der Waals surface area contributed by atoms with Gasteiger partial charge in [-0.25, -0.2) is 4.68 Å². The molecule has 1 saturated heterocycles. The summed E-state index contributed by atoms with van der Waals surface area (Å²) in [5, 5.41) is 15.9. The van der Waals surface area contributed by atoms with Crippen LogP contribution in [0.25, 0.3) is 5.69 Å². The zero-order chi connectivity index (χ0) is 26.3. The standard InChI is InChI=1S/C30H41N3O4/c1-5-28-27(21-32(20-26-17-12-18-35-26)19-24(34)22-36-30(2,3)4)29(37-25-15-10-7-11-16-25)33(31-28)23-13-8-6-9-14-23/h6-11,13-16,24,26,34H,5,12,17-22H2,1-4H3/t24-,26+/m0/s1. The Hall–Kier alpha value is -2.71. The third-order valence-electron chi connectivity index (χ3n) is 6.36. The maximum atomic E-state index is 10.9. The van der Waals surface area contributed by atoms with Crippen molar-refractivity contribution >= 4 is 0 Å². The molecule has 7 heteroatoms. The molecule has 1 aliphatic heterocycles. The Kier molecular flexibility index (Phi) is 9.38. The average Bonchev–Trinajstić information content (AvgIpc) is 3.52. The van der Waals surface area contributed by atoms with E-state index in [1.54, 1.807) is 0 Å². The monoisotopic (exact) mass is 507 g/mol. The lowest BCUT2D eigenvalue weighted by Crippen LogP contribution is -2.40. The molecule has 0 unspecified atom stereocenters. The van der Waals surface area contributed by atoms with Crippen molar-refractivity contribution in [2.45, 2.75) is 71.3 Å². The number of nitrogens with zero attached hydrogens (tertiary/aromatic N) is 3. The highest BCUT2D eigenvalue weighted by Crippen LogP contribution is 2.32. The second-order valence-electron chi connectivity index (χ2n) is 10.7. The fourth-order valence-corrected chi connectivity index (χ4v) is 4.57. The van der Waals surface area contributed by atoms with Crippen LogP contribution in [0.4, 0.5) is 0 Å². The van der Waals surface area contributed by atoms with E-state index in [0.717, 1.165) is 55.1 Å². The Morgan fingerprint density at radius 2 is 1.81 bits per heavy atom. The van der Waals surface area contributed by atoms with Crippen molar-refractivity contribution in [1.82, 2.24) is 14.7 Å². The molecule has 0 amide bonds. The van der Waals surface area contributed by atoms with Crippen LogP contribution in [0.3, 0.4) is 0 Å². The molecule has 2 aromatic carbocycles. The second-order valence-corrected chi connectivity index (χ2v) is 10.7. The van der Waals surface area contributed by atoms with Gasteiger partial charge in [0, 0.05) is 26.2 Å². The van der Waals surface area contributed by atoms with Gasteiger partial charge in [-0.05, 0) is 64.3 Å².